The molecule has 1 aromatic heterocycles. The summed E-state index contributed by atoms with van der Waals surface area (Å²) in [5, 5.41) is 7.25. The minimum absolute atomic E-state index is 0.372. The maximum absolute atomic E-state index is 6.29. The standard InChI is InChI=1S/C15H16ClNS2/c1-9-3-4-12(16)14(7-9)17-13-8-10(2)19-15-11(13)5-6-18-15/h3-7,10,13,17H,8H2,1-2H3/t10-,13?/m0/s1. The monoisotopic (exact) mass is 309 g/mol. The van der Waals surface area contributed by atoms with E-state index in [1.54, 1.807) is 0 Å². The van der Waals surface area contributed by atoms with Crippen LogP contribution in [0.4, 0.5) is 5.69 Å². The topological polar surface area (TPSA) is 12.0 Å². The van der Waals surface area contributed by atoms with E-state index in [9.17, 15) is 0 Å². The van der Waals surface area contributed by atoms with Gasteiger partial charge in [-0.2, -0.15) is 0 Å². The molecule has 100 valence electrons. The quantitative estimate of drug-likeness (QED) is 0.758. The summed E-state index contributed by atoms with van der Waals surface area (Å²) in [5.41, 5.74) is 3.70. The fraction of sp³-hybridized carbons (Fsp3) is 0.333. The van der Waals surface area contributed by atoms with Gasteiger partial charge in [-0.25, -0.2) is 0 Å². The predicted molar refractivity (Wildman–Crippen MR) is 86.8 cm³/mol. The average Bonchev–Trinajstić information content (AvgIpc) is 2.82. The number of anilines is 1. The zero-order valence-electron chi connectivity index (χ0n) is 10.9. The minimum Gasteiger partial charge on any atom is -0.377 e. The highest BCUT2D eigenvalue weighted by atomic mass is 35.5. The van der Waals surface area contributed by atoms with Crippen molar-refractivity contribution in [3.8, 4) is 0 Å². The Labute approximate surface area is 127 Å². The van der Waals surface area contributed by atoms with Gasteiger partial charge in [-0.15, -0.1) is 23.1 Å². The molecule has 19 heavy (non-hydrogen) atoms. The molecule has 0 amide bonds. The van der Waals surface area contributed by atoms with E-state index in [2.05, 4.69) is 36.7 Å². The zero-order valence-corrected chi connectivity index (χ0v) is 13.3. The van der Waals surface area contributed by atoms with Crippen molar-refractivity contribution in [3.63, 3.8) is 0 Å². The fourth-order valence-corrected chi connectivity index (χ4v) is 5.16. The van der Waals surface area contributed by atoms with Gasteiger partial charge in [0, 0.05) is 5.25 Å². The molecule has 2 aromatic rings. The first-order valence-electron chi connectivity index (χ1n) is 6.40. The first-order valence-corrected chi connectivity index (χ1v) is 8.54. The smallest absolute Gasteiger partial charge is 0.0653 e. The Morgan fingerprint density at radius 3 is 3.00 bits per heavy atom. The Morgan fingerprint density at radius 2 is 2.16 bits per heavy atom. The molecule has 0 saturated heterocycles. The number of aryl methyl sites for hydroxylation is 1. The van der Waals surface area contributed by atoms with Crippen LogP contribution in [0.25, 0.3) is 0 Å². The molecular weight excluding hydrogens is 294 g/mol. The number of hydrogen-bond donors (Lipinski definition) is 1. The second kappa shape index (κ2) is 5.39. The molecule has 1 N–H and O–H groups in total. The molecule has 1 unspecified atom stereocenters. The van der Waals surface area contributed by atoms with Gasteiger partial charge in [0.1, 0.15) is 0 Å². The van der Waals surface area contributed by atoms with E-state index in [1.807, 2.05) is 35.2 Å². The summed E-state index contributed by atoms with van der Waals surface area (Å²) in [6, 6.07) is 8.75. The minimum atomic E-state index is 0.372. The number of thioether (sulfide) groups is 1. The third-order valence-electron chi connectivity index (χ3n) is 3.36. The maximum Gasteiger partial charge on any atom is 0.0653 e. The summed E-state index contributed by atoms with van der Waals surface area (Å²) >= 11 is 10.1. The van der Waals surface area contributed by atoms with Gasteiger partial charge in [0.05, 0.1) is 21.0 Å². The number of rotatable bonds is 2. The van der Waals surface area contributed by atoms with E-state index in [4.69, 9.17) is 11.6 Å². The first kappa shape index (κ1) is 13.3. The third-order valence-corrected chi connectivity index (χ3v) is 6.03. The molecule has 0 radical (unpaired) electrons. The second-order valence-electron chi connectivity index (χ2n) is 5.01. The summed E-state index contributed by atoms with van der Waals surface area (Å²) in [4.78, 5) is 0. The highest BCUT2D eigenvalue weighted by Gasteiger charge is 2.26. The van der Waals surface area contributed by atoms with Crippen molar-refractivity contribution >= 4 is 40.4 Å². The van der Waals surface area contributed by atoms with Crippen molar-refractivity contribution < 1.29 is 0 Å². The van der Waals surface area contributed by atoms with Gasteiger partial charge in [0.25, 0.3) is 0 Å². The van der Waals surface area contributed by atoms with Crippen LogP contribution < -0.4 is 5.32 Å². The van der Waals surface area contributed by atoms with Crippen LogP contribution >= 0.6 is 34.7 Å². The van der Waals surface area contributed by atoms with Gasteiger partial charge in [0.15, 0.2) is 0 Å². The maximum atomic E-state index is 6.29. The number of nitrogens with one attached hydrogen (secondary N) is 1. The molecule has 2 heterocycles. The zero-order chi connectivity index (χ0) is 13.4. The summed E-state index contributed by atoms with van der Waals surface area (Å²) in [5.74, 6) is 0. The lowest BCUT2D eigenvalue weighted by Gasteiger charge is -2.28. The highest BCUT2D eigenvalue weighted by Crippen LogP contribution is 2.45. The van der Waals surface area contributed by atoms with Crippen molar-refractivity contribution in [1.82, 2.24) is 0 Å². The van der Waals surface area contributed by atoms with Crippen LogP contribution in [0.2, 0.25) is 5.02 Å². The van der Waals surface area contributed by atoms with Crippen LogP contribution in [0.15, 0.2) is 33.9 Å². The molecule has 0 fully saturated rings. The molecule has 0 spiro atoms. The highest BCUT2D eigenvalue weighted by molar-refractivity contribution is 8.01. The molecule has 0 aliphatic carbocycles. The molecule has 4 heteroatoms. The van der Waals surface area contributed by atoms with Crippen LogP contribution in [0.3, 0.4) is 0 Å². The fourth-order valence-electron chi connectivity index (χ4n) is 2.42. The van der Waals surface area contributed by atoms with Crippen LogP contribution in [0.5, 0.6) is 0 Å². The Morgan fingerprint density at radius 1 is 1.32 bits per heavy atom. The Bertz CT molecular complexity index is 594. The molecule has 0 saturated carbocycles. The third kappa shape index (κ3) is 2.78. The van der Waals surface area contributed by atoms with Crippen molar-refractivity contribution in [3.05, 3.63) is 45.8 Å². The van der Waals surface area contributed by atoms with Gasteiger partial charge in [-0.3, -0.25) is 0 Å². The van der Waals surface area contributed by atoms with E-state index < -0.39 is 0 Å². The summed E-state index contributed by atoms with van der Waals surface area (Å²) < 4.78 is 1.44. The molecule has 2 atom stereocenters. The molecule has 0 bridgehead atoms. The van der Waals surface area contributed by atoms with Crippen LogP contribution in [-0.4, -0.2) is 5.25 Å². The van der Waals surface area contributed by atoms with E-state index in [0.29, 0.717) is 11.3 Å². The van der Waals surface area contributed by atoms with Crippen LogP contribution in [0, 0.1) is 6.92 Å². The Kier molecular flexibility index (Phi) is 3.79. The normalized spacial score (nSPS) is 22.1. The van der Waals surface area contributed by atoms with Crippen molar-refractivity contribution in [2.24, 2.45) is 0 Å². The van der Waals surface area contributed by atoms with Gasteiger partial charge in [-0.1, -0.05) is 24.6 Å². The summed E-state index contributed by atoms with van der Waals surface area (Å²) in [7, 11) is 0. The van der Waals surface area contributed by atoms with Crippen molar-refractivity contribution in [2.75, 3.05) is 5.32 Å². The van der Waals surface area contributed by atoms with Crippen molar-refractivity contribution in [1.29, 1.82) is 0 Å². The molecule has 1 aliphatic rings. The van der Waals surface area contributed by atoms with Gasteiger partial charge >= 0.3 is 0 Å². The van der Waals surface area contributed by atoms with E-state index in [1.165, 1.54) is 15.3 Å². The number of hydrogen-bond acceptors (Lipinski definition) is 3. The number of halogens is 1. The number of benzene rings is 1. The predicted octanol–water partition coefficient (Wildman–Crippen LogP) is 5.75. The van der Waals surface area contributed by atoms with Crippen LogP contribution in [-0.2, 0) is 0 Å². The summed E-state index contributed by atoms with van der Waals surface area (Å²) in [6.45, 7) is 4.39. The summed E-state index contributed by atoms with van der Waals surface area (Å²) in [6.07, 6.45) is 1.14. The van der Waals surface area contributed by atoms with Gasteiger partial charge < -0.3 is 5.32 Å². The number of thiophene rings is 1. The molecule has 1 nitrogen and oxygen atoms in total. The van der Waals surface area contributed by atoms with Gasteiger partial charge in [-0.05, 0) is 48.1 Å². The Balaban J connectivity index is 1.90. The van der Waals surface area contributed by atoms with Gasteiger partial charge in [0.2, 0.25) is 0 Å². The van der Waals surface area contributed by atoms with Crippen molar-refractivity contribution in [2.45, 2.75) is 35.8 Å². The molecule has 1 aromatic carbocycles. The van der Waals surface area contributed by atoms with E-state index in [-0.39, 0.29) is 0 Å². The second-order valence-corrected chi connectivity index (χ2v) is 8.04. The number of fused-ring (bicyclic) bond motifs is 1. The first-order chi connectivity index (χ1) is 9.13. The lowest BCUT2D eigenvalue weighted by atomic mass is 10.0. The van der Waals surface area contributed by atoms with E-state index in [0.717, 1.165) is 17.1 Å². The molecular formula is C15H16ClNS2. The average molecular weight is 310 g/mol. The lowest BCUT2D eigenvalue weighted by Crippen LogP contribution is -2.19. The molecule has 1 aliphatic heterocycles. The SMILES string of the molecule is Cc1ccc(Cl)c(NC2C[C@H](C)Sc3sccc32)c1. The van der Waals surface area contributed by atoms with E-state index >= 15 is 0 Å². The Hall–Kier alpha value is -0.640. The molecule has 3 rings (SSSR count). The largest absolute Gasteiger partial charge is 0.377 e. The lowest BCUT2D eigenvalue weighted by molar-refractivity contribution is 0.670. The van der Waals surface area contributed by atoms with Crippen LogP contribution in [0.1, 0.15) is 30.5 Å².